The van der Waals surface area contributed by atoms with Crippen LogP contribution in [0.25, 0.3) is 0 Å². The number of hydrogen-bond donors (Lipinski definition) is 0. The van der Waals surface area contributed by atoms with Crippen LogP contribution in [-0.2, 0) is 24.2 Å². The first-order valence-corrected chi connectivity index (χ1v) is 10.8. The largest absolute Gasteiger partial charge is 0.489 e. The summed E-state index contributed by atoms with van der Waals surface area (Å²) in [6, 6.07) is 18.4. The summed E-state index contributed by atoms with van der Waals surface area (Å²) in [7, 11) is 0. The number of benzene rings is 2. The third kappa shape index (κ3) is 6.79. The highest BCUT2D eigenvalue weighted by Crippen LogP contribution is 2.24. The molecular formula is C26H28ClFN2O2. The van der Waals surface area contributed by atoms with Gasteiger partial charge in [0.25, 0.3) is 0 Å². The van der Waals surface area contributed by atoms with Gasteiger partial charge in [0, 0.05) is 25.5 Å². The van der Waals surface area contributed by atoms with Crippen molar-refractivity contribution in [2.45, 2.75) is 32.3 Å². The molecule has 0 unspecified atom stereocenters. The Labute approximate surface area is 194 Å². The summed E-state index contributed by atoms with van der Waals surface area (Å²) < 4.78 is 19.0. The second-order valence-electron chi connectivity index (χ2n) is 8.13. The lowest BCUT2D eigenvalue weighted by molar-refractivity contribution is -0.131. The molecule has 0 saturated carbocycles. The summed E-state index contributed by atoms with van der Waals surface area (Å²) >= 11 is 0. The minimum Gasteiger partial charge on any atom is -0.489 e. The third-order valence-electron chi connectivity index (χ3n) is 5.79. The Kier molecular flexibility index (Phi) is 8.63. The summed E-state index contributed by atoms with van der Waals surface area (Å²) in [5, 5.41) is 0. The van der Waals surface area contributed by atoms with E-state index in [4.69, 9.17) is 4.74 Å². The average molecular weight is 455 g/mol. The van der Waals surface area contributed by atoms with E-state index in [0.717, 1.165) is 49.2 Å². The van der Waals surface area contributed by atoms with Crippen LogP contribution >= 0.6 is 12.4 Å². The molecular weight excluding hydrogens is 427 g/mol. The number of amides is 1. The molecule has 0 aliphatic carbocycles. The SMILES string of the molecule is Cl.O=C(Cc1cccnc1)N1CCC(Cc2ccc(OCc3cccc(F)c3)cc2)CC1. The highest BCUT2D eigenvalue weighted by molar-refractivity contribution is 5.85. The molecule has 2 aromatic carbocycles. The van der Waals surface area contributed by atoms with Gasteiger partial charge in [0.2, 0.25) is 5.91 Å². The van der Waals surface area contributed by atoms with Gasteiger partial charge in [0.15, 0.2) is 0 Å². The topological polar surface area (TPSA) is 42.4 Å². The molecule has 1 aliphatic heterocycles. The lowest BCUT2D eigenvalue weighted by Crippen LogP contribution is -2.39. The predicted molar refractivity (Wildman–Crippen MR) is 125 cm³/mol. The lowest BCUT2D eigenvalue weighted by Gasteiger charge is -2.32. The maximum atomic E-state index is 13.3. The van der Waals surface area contributed by atoms with Crippen molar-refractivity contribution in [1.82, 2.24) is 9.88 Å². The molecule has 2 heterocycles. The fourth-order valence-electron chi connectivity index (χ4n) is 4.02. The molecule has 32 heavy (non-hydrogen) atoms. The zero-order valence-electron chi connectivity index (χ0n) is 18.0. The van der Waals surface area contributed by atoms with E-state index < -0.39 is 0 Å². The molecule has 0 spiro atoms. The van der Waals surface area contributed by atoms with Crippen LogP contribution in [0.15, 0.2) is 73.1 Å². The van der Waals surface area contributed by atoms with E-state index in [1.54, 1.807) is 18.5 Å². The Morgan fingerprint density at radius 2 is 1.75 bits per heavy atom. The first kappa shape index (κ1) is 23.7. The van der Waals surface area contributed by atoms with Crippen LogP contribution in [0.3, 0.4) is 0 Å². The fourth-order valence-corrected chi connectivity index (χ4v) is 4.02. The number of ether oxygens (including phenoxy) is 1. The summed E-state index contributed by atoms with van der Waals surface area (Å²) in [5.74, 6) is 1.30. The Morgan fingerprint density at radius 1 is 1.00 bits per heavy atom. The molecule has 0 radical (unpaired) electrons. The predicted octanol–water partition coefficient (Wildman–Crippen LogP) is 5.25. The third-order valence-corrected chi connectivity index (χ3v) is 5.79. The van der Waals surface area contributed by atoms with Crippen molar-refractivity contribution in [1.29, 1.82) is 0 Å². The van der Waals surface area contributed by atoms with Crippen LogP contribution in [0.1, 0.15) is 29.5 Å². The normalized spacial score (nSPS) is 14.0. The molecule has 168 valence electrons. The monoisotopic (exact) mass is 454 g/mol. The first-order chi connectivity index (χ1) is 15.2. The van der Waals surface area contributed by atoms with Crippen LogP contribution in [-0.4, -0.2) is 28.9 Å². The molecule has 1 saturated heterocycles. The molecule has 0 bridgehead atoms. The van der Waals surface area contributed by atoms with Crippen LogP contribution in [0.5, 0.6) is 5.75 Å². The minimum absolute atomic E-state index is 0. The van der Waals surface area contributed by atoms with Crippen LogP contribution < -0.4 is 4.74 Å². The molecule has 4 nitrogen and oxygen atoms in total. The molecule has 1 fully saturated rings. The van der Waals surface area contributed by atoms with Crippen molar-refractivity contribution in [3.8, 4) is 5.75 Å². The van der Waals surface area contributed by atoms with Gasteiger partial charge in [-0.2, -0.15) is 0 Å². The van der Waals surface area contributed by atoms with Gasteiger partial charge in [-0.15, -0.1) is 12.4 Å². The number of pyridine rings is 1. The number of rotatable bonds is 7. The molecule has 0 N–H and O–H groups in total. The van der Waals surface area contributed by atoms with Crippen LogP contribution in [0.4, 0.5) is 4.39 Å². The van der Waals surface area contributed by atoms with Gasteiger partial charge in [-0.1, -0.05) is 30.3 Å². The van der Waals surface area contributed by atoms with E-state index in [1.807, 2.05) is 35.2 Å². The number of nitrogens with zero attached hydrogens (tertiary/aromatic N) is 2. The van der Waals surface area contributed by atoms with Crippen molar-refractivity contribution in [2.75, 3.05) is 13.1 Å². The zero-order valence-corrected chi connectivity index (χ0v) is 18.8. The van der Waals surface area contributed by atoms with Gasteiger partial charge < -0.3 is 9.64 Å². The Morgan fingerprint density at radius 3 is 2.44 bits per heavy atom. The van der Waals surface area contributed by atoms with E-state index in [2.05, 4.69) is 17.1 Å². The van der Waals surface area contributed by atoms with E-state index in [1.165, 1.54) is 17.7 Å². The summed E-state index contributed by atoms with van der Waals surface area (Å²) in [4.78, 5) is 18.6. The number of halogens is 2. The fraction of sp³-hybridized carbons (Fsp3) is 0.308. The Bertz CT molecular complexity index is 990. The maximum absolute atomic E-state index is 13.3. The number of carbonyl (C=O) groups excluding carboxylic acids is 1. The minimum atomic E-state index is -0.249. The van der Waals surface area contributed by atoms with Crippen molar-refractivity contribution in [3.63, 3.8) is 0 Å². The number of hydrogen-bond acceptors (Lipinski definition) is 3. The molecule has 1 aromatic heterocycles. The standard InChI is InChI=1S/C26H27FN2O2.ClH/c27-24-5-1-3-23(16-24)19-31-25-8-6-20(7-9-25)15-21-10-13-29(14-11-21)26(30)17-22-4-2-12-28-18-22;/h1-9,12,16,18,21H,10-11,13-15,17,19H2;1H. The Balaban J connectivity index is 0.00000289. The van der Waals surface area contributed by atoms with Gasteiger partial charge in [0.05, 0.1) is 6.42 Å². The molecule has 1 aliphatic rings. The second-order valence-corrected chi connectivity index (χ2v) is 8.13. The molecule has 0 atom stereocenters. The summed E-state index contributed by atoms with van der Waals surface area (Å²) in [6.07, 6.45) is 6.97. The molecule has 3 aromatic rings. The van der Waals surface area contributed by atoms with E-state index in [9.17, 15) is 9.18 Å². The van der Waals surface area contributed by atoms with Crippen molar-refractivity contribution in [2.24, 2.45) is 5.92 Å². The Hall–Kier alpha value is -2.92. The molecule has 6 heteroatoms. The summed E-state index contributed by atoms with van der Waals surface area (Å²) in [5.41, 5.74) is 3.06. The van der Waals surface area contributed by atoms with Crippen LogP contribution in [0, 0.1) is 11.7 Å². The maximum Gasteiger partial charge on any atom is 0.227 e. The molecule has 1 amide bonds. The first-order valence-electron chi connectivity index (χ1n) is 10.8. The second kappa shape index (κ2) is 11.6. The quantitative estimate of drug-likeness (QED) is 0.490. The van der Waals surface area contributed by atoms with Gasteiger partial charge >= 0.3 is 0 Å². The van der Waals surface area contributed by atoms with E-state index in [0.29, 0.717) is 18.9 Å². The van der Waals surface area contributed by atoms with Crippen LogP contribution in [0.2, 0.25) is 0 Å². The van der Waals surface area contributed by atoms with Gasteiger partial charge in [-0.05, 0) is 72.2 Å². The van der Waals surface area contributed by atoms with Crippen molar-refractivity contribution >= 4 is 18.3 Å². The number of carbonyl (C=O) groups is 1. The highest BCUT2D eigenvalue weighted by atomic mass is 35.5. The van der Waals surface area contributed by atoms with Gasteiger partial charge in [-0.25, -0.2) is 4.39 Å². The zero-order chi connectivity index (χ0) is 21.5. The van der Waals surface area contributed by atoms with Gasteiger partial charge in [-0.3, -0.25) is 9.78 Å². The van der Waals surface area contributed by atoms with E-state index >= 15 is 0 Å². The van der Waals surface area contributed by atoms with Gasteiger partial charge in [0.1, 0.15) is 18.2 Å². The smallest absolute Gasteiger partial charge is 0.227 e. The highest BCUT2D eigenvalue weighted by Gasteiger charge is 2.23. The number of likely N-dealkylation sites (tertiary alicyclic amines) is 1. The number of aromatic nitrogens is 1. The molecule has 4 rings (SSSR count). The average Bonchev–Trinajstić information content (AvgIpc) is 2.80. The van der Waals surface area contributed by atoms with Crippen molar-refractivity contribution < 1.29 is 13.9 Å². The number of piperidine rings is 1. The van der Waals surface area contributed by atoms with Crippen molar-refractivity contribution in [3.05, 3.63) is 95.6 Å². The lowest BCUT2D eigenvalue weighted by atomic mass is 9.90. The summed E-state index contributed by atoms with van der Waals surface area (Å²) in [6.45, 7) is 1.99. The van der Waals surface area contributed by atoms with E-state index in [-0.39, 0.29) is 24.1 Å².